The summed E-state index contributed by atoms with van der Waals surface area (Å²) >= 11 is 0. The molecule has 1 atom stereocenters. The largest absolute Gasteiger partial charge is 0.372 e. The average Bonchev–Trinajstić information content (AvgIpc) is 2.99. The minimum atomic E-state index is 0.136. The van der Waals surface area contributed by atoms with E-state index in [1.165, 1.54) is 11.1 Å². The van der Waals surface area contributed by atoms with E-state index in [1.54, 1.807) is 0 Å². The first kappa shape index (κ1) is 14.8. The lowest BCUT2D eigenvalue weighted by atomic mass is 10.0. The Morgan fingerprint density at radius 1 is 1.17 bits per heavy atom. The van der Waals surface area contributed by atoms with Crippen molar-refractivity contribution < 1.29 is 9.47 Å². The Kier molecular flexibility index (Phi) is 4.11. The van der Waals surface area contributed by atoms with Crippen LogP contribution >= 0.6 is 0 Å². The molecule has 0 radical (unpaired) electrons. The summed E-state index contributed by atoms with van der Waals surface area (Å²) in [6.07, 6.45) is 0.136. The van der Waals surface area contributed by atoms with Crippen LogP contribution in [0.25, 0.3) is 0 Å². The Bertz CT molecular complexity index is 685. The van der Waals surface area contributed by atoms with Gasteiger partial charge in [-0.05, 0) is 18.1 Å². The van der Waals surface area contributed by atoms with Crippen molar-refractivity contribution in [3.8, 4) is 0 Å². The summed E-state index contributed by atoms with van der Waals surface area (Å²) in [6, 6.07) is 8.47. The first-order valence-electron chi connectivity index (χ1n) is 8.19. The van der Waals surface area contributed by atoms with Crippen LogP contribution in [-0.4, -0.2) is 46.0 Å². The van der Waals surface area contributed by atoms with Crippen LogP contribution in [-0.2, 0) is 29.2 Å². The molecule has 2 aromatic rings. The summed E-state index contributed by atoms with van der Waals surface area (Å²) in [5, 5.41) is 8.60. The highest BCUT2D eigenvalue weighted by atomic mass is 16.5. The number of nitrogens with zero attached hydrogens (tertiary/aromatic N) is 4. The van der Waals surface area contributed by atoms with E-state index in [0.29, 0.717) is 6.61 Å². The average molecular weight is 314 g/mol. The SMILES string of the molecule is Cc1ccccc1C1CN(Cc2nnc3n2CCOC3)CCO1. The van der Waals surface area contributed by atoms with Crippen LogP contribution in [0.4, 0.5) is 0 Å². The highest BCUT2D eigenvalue weighted by Gasteiger charge is 2.25. The van der Waals surface area contributed by atoms with Crippen LogP contribution in [0.2, 0.25) is 0 Å². The second-order valence-corrected chi connectivity index (χ2v) is 6.19. The molecule has 4 rings (SSSR count). The molecule has 0 spiro atoms. The molecule has 1 unspecified atom stereocenters. The minimum Gasteiger partial charge on any atom is -0.372 e. The van der Waals surface area contributed by atoms with Gasteiger partial charge in [-0.1, -0.05) is 24.3 Å². The van der Waals surface area contributed by atoms with E-state index in [-0.39, 0.29) is 6.10 Å². The Morgan fingerprint density at radius 2 is 2.09 bits per heavy atom. The van der Waals surface area contributed by atoms with Crippen molar-refractivity contribution in [1.29, 1.82) is 0 Å². The monoisotopic (exact) mass is 314 g/mol. The number of ether oxygens (including phenoxy) is 2. The number of morpholine rings is 1. The lowest BCUT2D eigenvalue weighted by Gasteiger charge is -2.33. The molecule has 0 aliphatic carbocycles. The van der Waals surface area contributed by atoms with Gasteiger partial charge in [-0.2, -0.15) is 0 Å². The highest BCUT2D eigenvalue weighted by molar-refractivity contribution is 5.28. The van der Waals surface area contributed by atoms with Crippen molar-refractivity contribution in [2.24, 2.45) is 0 Å². The molecule has 0 saturated carbocycles. The number of hydrogen-bond acceptors (Lipinski definition) is 5. The molecule has 0 N–H and O–H groups in total. The van der Waals surface area contributed by atoms with Crippen LogP contribution in [0.15, 0.2) is 24.3 Å². The first-order valence-corrected chi connectivity index (χ1v) is 8.19. The molecule has 122 valence electrons. The summed E-state index contributed by atoms with van der Waals surface area (Å²) in [4.78, 5) is 2.41. The molecular weight excluding hydrogens is 292 g/mol. The fraction of sp³-hybridized carbons (Fsp3) is 0.529. The van der Waals surface area contributed by atoms with Gasteiger partial charge in [0.1, 0.15) is 12.4 Å². The van der Waals surface area contributed by atoms with E-state index >= 15 is 0 Å². The number of aromatic nitrogens is 3. The second kappa shape index (κ2) is 6.39. The van der Waals surface area contributed by atoms with E-state index in [4.69, 9.17) is 9.47 Å². The standard InChI is InChI=1S/C17H22N4O2/c1-13-4-2-3-5-14(13)15-10-20(6-9-23-15)11-16-18-19-17-12-22-8-7-21(16)17/h2-5,15H,6-12H2,1H3. The third-order valence-corrected chi connectivity index (χ3v) is 4.65. The predicted octanol–water partition coefficient (Wildman–Crippen LogP) is 1.69. The van der Waals surface area contributed by atoms with Gasteiger partial charge in [0.15, 0.2) is 5.82 Å². The third-order valence-electron chi connectivity index (χ3n) is 4.65. The summed E-state index contributed by atoms with van der Waals surface area (Å²) in [5.74, 6) is 1.98. The van der Waals surface area contributed by atoms with Gasteiger partial charge in [0.25, 0.3) is 0 Å². The number of aryl methyl sites for hydroxylation is 1. The van der Waals surface area contributed by atoms with E-state index < -0.39 is 0 Å². The topological polar surface area (TPSA) is 52.4 Å². The quantitative estimate of drug-likeness (QED) is 0.863. The maximum atomic E-state index is 6.00. The molecule has 6 nitrogen and oxygen atoms in total. The van der Waals surface area contributed by atoms with Crippen LogP contribution in [0, 0.1) is 6.92 Å². The van der Waals surface area contributed by atoms with Crippen molar-refractivity contribution in [1.82, 2.24) is 19.7 Å². The van der Waals surface area contributed by atoms with Crippen molar-refractivity contribution in [3.05, 3.63) is 47.0 Å². The second-order valence-electron chi connectivity index (χ2n) is 6.19. The summed E-state index contributed by atoms with van der Waals surface area (Å²) < 4.78 is 13.6. The van der Waals surface area contributed by atoms with Gasteiger partial charge in [0.2, 0.25) is 0 Å². The molecule has 23 heavy (non-hydrogen) atoms. The van der Waals surface area contributed by atoms with Gasteiger partial charge >= 0.3 is 0 Å². The highest BCUT2D eigenvalue weighted by Crippen LogP contribution is 2.25. The zero-order valence-electron chi connectivity index (χ0n) is 13.4. The van der Waals surface area contributed by atoms with Crippen LogP contribution < -0.4 is 0 Å². The number of fused-ring (bicyclic) bond motifs is 1. The molecule has 2 aliphatic heterocycles. The van der Waals surface area contributed by atoms with Gasteiger partial charge in [-0.15, -0.1) is 10.2 Å². The predicted molar refractivity (Wildman–Crippen MR) is 84.8 cm³/mol. The van der Waals surface area contributed by atoms with E-state index in [0.717, 1.165) is 51.0 Å². The molecule has 1 saturated heterocycles. The van der Waals surface area contributed by atoms with Crippen LogP contribution in [0.3, 0.4) is 0 Å². The molecule has 2 aliphatic rings. The third kappa shape index (κ3) is 3.02. The van der Waals surface area contributed by atoms with Crippen molar-refractivity contribution in [2.45, 2.75) is 32.7 Å². The molecule has 1 aromatic heterocycles. The first-order chi connectivity index (χ1) is 11.3. The molecule has 0 amide bonds. The van der Waals surface area contributed by atoms with Gasteiger partial charge in [-0.3, -0.25) is 4.90 Å². The van der Waals surface area contributed by atoms with Crippen LogP contribution in [0.5, 0.6) is 0 Å². The molecule has 3 heterocycles. The van der Waals surface area contributed by atoms with Gasteiger partial charge in [-0.25, -0.2) is 0 Å². The molecule has 0 bridgehead atoms. The van der Waals surface area contributed by atoms with Crippen molar-refractivity contribution in [3.63, 3.8) is 0 Å². The minimum absolute atomic E-state index is 0.136. The molecule has 6 heteroatoms. The van der Waals surface area contributed by atoms with E-state index in [1.807, 2.05) is 0 Å². The maximum absolute atomic E-state index is 6.00. The van der Waals surface area contributed by atoms with Gasteiger partial charge < -0.3 is 14.0 Å². The summed E-state index contributed by atoms with van der Waals surface area (Å²) in [7, 11) is 0. The Hall–Kier alpha value is -1.76. The number of benzene rings is 1. The van der Waals surface area contributed by atoms with Gasteiger partial charge in [0.05, 0.1) is 25.9 Å². The fourth-order valence-electron chi connectivity index (χ4n) is 3.36. The smallest absolute Gasteiger partial charge is 0.159 e. The zero-order chi connectivity index (χ0) is 15.6. The van der Waals surface area contributed by atoms with Crippen molar-refractivity contribution in [2.75, 3.05) is 26.3 Å². The fourth-order valence-corrected chi connectivity index (χ4v) is 3.36. The van der Waals surface area contributed by atoms with Crippen molar-refractivity contribution >= 4 is 0 Å². The maximum Gasteiger partial charge on any atom is 0.159 e. The summed E-state index contributed by atoms with van der Waals surface area (Å²) in [5.41, 5.74) is 2.57. The zero-order valence-corrected chi connectivity index (χ0v) is 13.4. The lowest BCUT2D eigenvalue weighted by Crippen LogP contribution is -2.38. The lowest BCUT2D eigenvalue weighted by molar-refractivity contribution is -0.0345. The normalized spacial score (nSPS) is 22.0. The molecule has 1 fully saturated rings. The Balaban J connectivity index is 1.48. The van der Waals surface area contributed by atoms with Gasteiger partial charge in [0, 0.05) is 19.6 Å². The Labute approximate surface area is 136 Å². The van der Waals surface area contributed by atoms with Crippen LogP contribution in [0.1, 0.15) is 28.9 Å². The number of rotatable bonds is 3. The molecular formula is C17H22N4O2. The van der Waals surface area contributed by atoms with E-state index in [9.17, 15) is 0 Å². The number of hydrogen-bond donors (Lipinski definition) is 0. The summed E-state index contributed by atoms with van der Waals surface area (Å²) in [6.45, 7) is 7.71. The Morgan fingerprint density at radius 3 is 3.00 bits per heavy atom. The van der Waals surface area contributed by atoms with E-state index in [2.05, 4.69) is 50.9 Å². The molecule has 1 aromatic carbocycles.